The first-order valence-corrected chi connectivity index (χ1v) is 11.3. The molecule has 2 saturated heterocycles. The van der Waals surface area contributed by atoms with Crippen molar-refractivity contribution in [2.45, 2.75) is 6.92 Å². The molecule has 32 heavy (non-hydrogen) atoms. The third kappa shape index (κ3) is 7.40. The lowest BCUT2D eigenvalue weighted by Gasteiger charge is -2.24. The van der Waals surface area contributed by atoms with Crippen LogP contribution in [0.5, 0.6) is 5.75 Å². The van der Waals surface area contributed by atoms with Crippen molar-refractivity contribution in [3.05, 3.63) is 28.8 Å². The number of phenols is 1. The topological polar surface area (TPSA) is 133 Å². The van der Waals surface area contributed by atoms with Gasteiger partial charge in [-0.3, -0.25) is 20.4 Å². The van der Waals surface area contributed by atoms with Crippen LogP contribution in [0.15, 0.2) is 12.1 Å². The van der Waals surface area contributed by atoms with Crippen molar-refractivity contribution in [2.24, 2.45) is 0 Å². The van der Waals surface area contributed by atoms with Gasteiger partial charge in [-0.2, -0.15) is 0 Å². The van der Waals surface area contributed by atoms with Crippen molar-refractivity contribution in [3.63, 3.8) is 0 Å². The van der Waals surface area contributed by atoms with Crippen LogP contribution >= 0.6 is 0 Å². The van der Waals surface area contributed by atoms with Gasteiger partial charge in [-0.15, -0.1) is 0 Å². The molecule has 178 valence electrons. The minimum atomic E-state index is -0.435. The number of phenolic OH excluding ortho intramolecular Hbond substituents is 1. The van der Waals surface area contributed by atoms with Crippen LogP contribution < -0.4 is 32.1 Å². The van der Waals surface area contributed by atoms with Gasteiger partial charge < -0.3 is 26.4 Å². The molecule has 0 saturated carbocycles. The second kappa shape index (κ2) is 12.7. The zero-order valence-corrected chi connectivity index (χ0v) is 18.8. The maximum absolute atomic E-state index is 12.9. The van der Waals surface area contributed by atoms with E-state index in [9.17, 15) is 14.7 Å². The molecule has 2 heterocycles. The Balaban J connectivity index is 1.69. The number of nitrogens with zero attached hydrogens (tertiary/aromatic N) is 2. The normalized spacial score (nSPS) is 20.0. The molecule has 0 unspecified atom stereocenters. The van der Waals surface area contributed by atoms with Crippen LogP contribution in [0, 0.1) is 6.92 Å². The zero-order valence-electron chi connectivity index (χ0n) is 18.8. The van der Waals surface area contributed by atoms with Crippen LogP contribution in [-0.4, -0.2) is 105 Å². The number of nitrogens with one attached hydrogen (secondary N) is 6. The molecule has 11 heteroatoms. The second-order valence-corrected chi connectivity index (χ2v) is 8.06. The Hall–Kier alpha value is -2.28. The maximum atomic E-state index is 12.9. The van der Waals surface area contributed by atoms with E-state index in [0.717, 1.165) is 57.9 Å². The molecule has 2 amide bonds. The van der Waals surface area contributed by atoms with E-state index in [4.69, 9.17) is 0 Å². The van der Waals surface area contributed by atoms with Crippen molar-refractivity contribution in [2.75, 3.05) is 78.5 Å². The van der Waals surface area contributed by atoms with Crippen LogP contribution in [0.1, 0.15) is 26.3 Å². The second-order valence-electron chi connectivity index (χ2n) is 8.06. The fourth-order valence-corrected chi connectivity index (χ4v) is 3.69. The highest BCUT2D eigenvalue weighted by molar-refractivity contribution is 6.04. The largest absolute Gasteiger partial charge is 0.506 e. The van der Waals surface area contributed by atoms with Crippen LogP contribution in [0.4, 0.5) is 0 Å². The predicted octanol–water partition coefficient (Wildman–Crippen LogP) is -2.02. The summed E-state index contributed by atoms with van der Waals surface area (Å²) < 4.78 is 0. The Labute approximate surface area is 189 Å². The van der Waals surface area contributed by atoms with Gasteiger partial charge >= 0.3 is 0 Å². The molecule has 0 atom stereocenters. The van der Waals surface area contributed by atoms with Gasteiger partial charge in [-0.05, 0) is 24.6 Å². The molecule has 3 rings (SSSR count). The zero-order chi connectivity index (χ0) is 22.8. The smallest absolute Gasteiger partial charge is 0.269 e. The number of hydrogen-bond acceptors (Lipinski definition) is 9. The van der Waals surface area contributed by atoms with Gasteiger partial charge in [0.15, 0.2) is 0 Å². The quantitative estimate of drug-likeness (QED) is 0.279. The van der Waals surface area contributed by atoms with Gasteiger partial charge in [-0.25, -0.2) is 10.0 Å². The molecule has 0 aliphatic carbocycles. The number of carbonyl (C=O) groups is 2. The molecule has 1 aromatic carbocycles. The number of aryl methyl sites for hydroxylation is 1. The van der Waals surface area contributed by atoms with Gasteiger partial charge in [0.1, 0.15) is 5.75 Å². The first kappa shape index (κ1) is 24.4. The lowest BCUT2D eigenvalue weighted by atomic mass is 10.0. The Morgan fingerprint density at radius 1 is 0.719 bits per heavy atom. The van der Waals surface area contributed by atoms with E-state index in [1.807, 2.05) is 10.0 Å². The Morgan fingerprint density at radius 2 is 1.06 bits per heavy atom. The molecule has 7 N–H and O–H groups in total. The molecule has 11 nitrogen and oxygen atoms in total. The highest BCUT2D eigenvalue weighted by Crippen LogP contribution is 2.25. The summed E-state index contributed by atoms with van der Waals surface area (Å²) in [4.78, 5) is 25.9. The van der Waals surface area contributed by atoms with E-state index < -0.39 is 11.8 Å². The van der Waals surface area contributed by atoms with Crippen LogP contribution in [0.2, 0.25) is 0 Å². The summed E-state index contributed by atoms with van der Waals surface area (Å²) in [5.74, 6) is -1.18. The summed E-state index contributed by atoms with van der Waals surface area (Å²) in [5, 5.41) is 27.6. The summed E-state index contributed by atoms with van der Waals surface area (Å²) in [6.07, 6.45) is 0. The Morgan fingerprint density at radius 3 is 1.41 bits per heavy atom. The van der Waals surface area contributed by atoms with Crippen LogP contribution in [0.3, 0.4) is 0 Å². The standard InChI is InChI=1S/C21H36N8O3/c1-16-14-17(20(31)26-28-10-6-22-2-3-23-7-11-28)19(30)18(15-16)21(32)27-29-12-8-24-4-5-25-9-13-29/h14-15,22-25,30H,2-13H2,1H3,(H,26,31)(H,27,32). The van der Waals surface area contributed by atoms with E-state index in [-0.39, 0.29) is 16.9 Å². The number of aromatic hydroxyl groups is 1. The van der Waals surface area contributed by atoms with Crippen molar-refractivity contribution in [3.8, 4) is 5.75 Å². The summed E-state index contributed by atoms with van der Waals surface area (Å²) in [6.45, 7) is 10.9. The summed E-state index contributed by atoms with van der Waals surface area (Å²) in [6, 6.07) is 3.20. The predicted molar refractivity (Wildman–Crippen MR) is 122 cm³/mol. The van der Waals surface area contributed by atoms with Gasteiger partial charge in [0.05, 0.1) is 11.1 Å². The summed E-state index contributed by atoms with van der Waals surface area (Å²) >= 11 is 0. The number of rotatable bonds is 4. The summed E-state index contributed by atoms with van der Waals surface area (Å²) in [5.41, 5.74) is 6.62. The van der Waals surface area contributed by atoms with E-state index in [2.05, 4.69) is 32.1 Å². The lowest BCUT2D eigenvalue weighted by molar-refractivity contribution is 0.0788. The Bertz CT molecular complexity index is 696. The van der Waals surface area contributed by atoms with Crippen LogP contribution in [-0.2, 0) is 0 Å². The molecule has 0 radical (unpaired) electrons. The number of benzene rings is 1. The monoisotopic (exact) mass is 448 g/mol. The summed E-state index contributed by atoms with van der Waals surface area (Å²) in [7, 11) is 0. The van der Waals surface area contributed by atoms with E-state index in [1.165, 1.54) is 0 Å². The lowest BCUT2D eigenvalue weighted by Crippen LogP contribution is -2.47. The first-order valence-electron chi connectivity index (χ1n) is 11.3. The maximum Gasteiger partial charge on any atom is 0.269 e. The molecule has 0 spiro atoms. The van der Waals surface area contributed by atoms with Gasteiger partial charge in [0.2, 0.25) is 0 Å². The van der Waals surface area contributed by atoms with Crippen LogP contribution in [0.25, 0.3) is 0 Å². The van der Waals surface area contributed by atoms with Crippen molar-refractivity contribution >= 4 is 11.8 Å². The van der Waals surface area contributed by atoms with Gasteiger partial charge in [-0.1, -0.05) is 0 Å². The molecule has 0 bridgehead atoms. The fraction of sp³-hybridized carbons (Fsp3) is 0.619. The fourth-order valence-electron chi connectivity index (χ4n) is 3.69. The number of hydrazine groups is 2. The van der Waals surface area contributed by atoms with E-state index in [0.29, 0.717) is 26.2 Å². The molecular weight excluding hydrogens is 412 g/mol. The number of amides is 2. The van der Waals surface area contributed by atoms with Crippen molar-refractivity contribution in [1.29, 1.82) is 0 Å². The Kier molecular flexibility index (Phi) is 9.65. The first-order chi connectivity index (χ1) is 15.5. The van der Waals surface area contributed by atoms with Crippen molar-refractivity contribution in [1.82, 2.24) is 42.1 Å². The minimum absolute atomic E-state index is 0.0868. The average Bonchev–Trinajstić information content (AvgIpc) is 2.98. The third-order valence-corrected chi connectivity index (χ3v) is 5.45. The highest BCUT2D eigenvalue weighted by atomic mass is 16.3. The van der Waals surface area contributed by atoms with Gasteiger partial charge in [0, 0.05) is 78.5 Å². The molecule has 2 aliphatic heterocycles. The van der Waals surface area contributed by atoms with E-state index in [1.54, 1.807) is 19.1 Å². The molecular formula is C21H36N8O3. The number of carbonyl (C=O) groups excluding carboxylic acids is 2. The van der Waals surface area contributed by atoms with Gasteiger partial charge in [0.25, 0.3) is 11.8 Å². The molecule has 0 aromatic heterocycles. The molecule has 1 aromatic rings. The molecule has 2 aliphatic rings. The SMILES string of the molecule is Cc1cc(C(=O)NN2CCNCCNCC2)c(O)c(C(=O)NN2CCNCCNCC2)c1. The highest BCUT2D eigenvalue weighted by Gasteiger charge is 2.22. The molecule has 2 fully saturated rings. The third-order valence-electron chi connectivity index (χ3n) is 5.45. The van der Waals surface area contributed by atoms with Crippen molar-refractivity contribution < 1.29 is 14.7 Å². The number of hydrogen-bond donors (Lipinski definition) is 7. The average molecular weight is 449 g/mol. The van der Waals surface area contributed by atoms with E-state index >= 15 is 0 Å². The minimum Gasteiger partial charge on any atom is -0.506 e.